The van der Waals surface area contributed by atoms with Crippen molar-refractivity contribution in [3.05, 3.63) is 12.0 Å². The van der Waals surface area contributed by atoms with Gasteiger partial charge in [-0.1, -0.05) is 6.92 Å². The Balaban J connectivity index is 2.08. The van der Waals surface area contributed by atoms with Crippen molar-refractivity contribution in [2.24, 2.45) is 5.41 Å². The molecule has 1 heterocycles. The maximum atomic E-state index is 12.2. The highest BCUT2D eigenvalue weighted by Gasteiger charge is 2.42. The lowest BCUT2D eigenvalue weighted by Crippen LogP contribution is -2.31. The van der Waals surface area contributed by atoms with Crippen molar-refractivity contribution in [1.82, 2.24) is 14.3 Å². The van der Waals surface area contributed by atoms with E-state index in [-0.39, 0.29) is 10.4 Å². The van der Waals surface area contributed by atoms with Crippen LogP contribution in [0.15, 0.2) is 11.2 Å². The van der Waals surface area contributed by atoms with Gasteiger partial charge in [-0.25, -0.2) is 18.1 Å². The lowest BCUT2D eigenvalue weighted by molar-refractivity contribution is 0.532. The number of nitrogens with one attached hydrogen (secondary N) is 1. The first-order valence-electron chi connectivity index (χ1n) is 6.52. The van der Waals surface area contributed by atoms with Crippen LogP contribution in [0.5, 0.6) is 0 Å². The average molecular weight is 306 g/mol. The predicted molar refractivity (Wildman–Crippen MR) is 74.8 cm³/mol. The Morgan fingerprint density at radius 3 is 2.74 bits per heavy atom. The molecule has 1 aliphatic rings. The van der Waals surface area contributed by atoms with Crippen molar-refractivity contribution >= 4 is 21.6 Å². The summed E-state index contributed by atoms with van der Waals surface area (Å²) in [6, 6.07) is 0. The summed E-state index contributed by atoms with van der Waals surface area (Å²) in [6.45, 7) is 5.04. The topological polar surface area (TPSA) is 64.0 Å². The Labute approximate surface area is 119 Å². The average Bonchev–Trinajstić information content (AvgIpc) is 3.07. The van der Waals surface area contributed by atoms with Gasteiger partial charge in [0.1, 0.15) is 5.82 Å². The molecule has 0 amide bonds. The van der Waals surface area contributed by atoms with Crippen molar-refractivity contribution in [2.75, 3.05) is 12.4 Å². The van der Waals surface area contributed by atoms with Gasteiger partial charge in [0.15, 0.2) is 5.03 Å². The number of hydrogen-bond acceptors (Lipinski definition) is 3. The van der Waals surface area contributed by atoms with Crippen molar-refractivity contribution in [3.8, 4) is 0 Å². The zero-order chi connectivity index (χ0) is 14.1. The van der Waals surface area contributed by atoms with E-state index < -0.39 is 10.0 Å². The van der Waals surface area contributed by atoms with Gasteiger partial charge in [0.25, 0.3) is 10.0 Å². The van der Waals surface area contributed by atoms with E-state index >= 15 is 0 Å². The maximum absolute atomic E-state index is 12.2. The second kappa shape index (κ2) is 5.42. The van der Waals surface area contributed by atoms with Gasteiger partial charge in [-0.05, 0) is 31.6 Å². The van der Waals surface area contributed by atoms with Crippen LogP contribution in [0.1, 0.15) is 32.0 Å². The molecule has 0 radical (unpaired) electrons. The quantitative estimate of drug-likeness (QED) is 0.783. The van der Waals surface area contributed by atoms with Gasteiger partial charge in [-0.3, -0.25) is 0 Å². The van der Waals surface area contributed by atoms with Crippen molar-refractivity contribution in [2.45, 2.75) is 44.7 Å². The van der Waals surface area contributed by atoms with Crippen LogP contribution in [-0.4, -0.2) is 30.4 Å². The van der Waals surface area contributed by atoms with Crippen molar-refractivity contribution in [3.63, 3.8) is 0 Å². The fourth-order valence-corrected chi connectivity index (χ4v) is 3.46. The summed E-state index contributed by atoms with van der Waals surface area (Å²) in [6.07, 6.45) is 4.52. The minimum atomic E-state index is -3.52. The minimum Gasteiger partial charge on any atom is -0.334 e. The summed E-state index contributed by atoms with van der Waals surface area (Å²) in [5.41, 5.74) is -0.0321. The van der Waals surface area contributed by atoms with E-state index in [1.165, 1.54) is 0 Å². The summed E-state index contributed by atoms with van der Waals surface area (Å²) in [7, 11) is -3.52. The van der Waals surface area contributed by atoms with Crippen molar-refractivity contribution < 1.29 is 8.42 Å². The van der Waals surface area contributed by atoms with Crippen LogP contribution < -0.4 is 4.72 Å². The number of rotatable bonds is 7. The molecule has 1 N–H and O–H groups in total. The van der Waals surface area contributed by atoms with Crippen LogP contribution in [0.25, 0.3) is 0 Å². The highest BCUT2D eigenvalue weighted by Crippen LogP contribution is 2.46. The summed E-state index contributed by atoms with van der Waals surface area (Å²) in [4.78, 5) is 4.13. The van der Waals surface area contributed by atoms with E-state index in [0.29, 0.717) is 12.4 Å². The van der Waals surface area contributed by atoms with Crippen LogP contribution >= 0.6 is 11.6 Å². The summed E-state index contributed by atoms with van der Waals surface area (Å²) < 4.78 is 28.8. The molecule has 0 bridgehead atoms. The second-order valence-corrected chi connectivity index (χ2v) is 7.26. The highest BCUT2D eigenvalue weighted by molar-refractivity contribution is 7.89. The third-order valence-corrected chi connectivity index (χ3v) is 5.41. The number of nitrogens with zero attached hydrogens (tertiary/aromatic N) is 2. The summed E-state index contributed by atoms with van der Waals surface area (Å²) in [5, 5.41) is 0.101. The zero-order valence-electron chi connectivity index (χ0n) is 11.3. The van der Waals surface area contributed by atoms with E-state index in [4.69, 9.17) is 11.6 Å². The Morgan fingerprint density at radius 1 is 1.53 bits per heavy atom. The molecule has 108 valence electrons. The van der Waals surface area contributed by atoms with E-state index in [9.17, 15) is 8.42 Å². The second-order valence-electron chi connectivity index (χ2n) is 5.28. The fraction of sp³-hybridized carbons (Fsp3) is 0.750. The molecule has 0 aliphatic heterocycles. The van der Waals surface area contributed by atoms with Crippen LogP contribution in [0.4, 0.5) is 0 Å². The molecular weight excluding hydrogens is 286 g/mol. The minimum absolute atomic E-state index is 0.0321. The Hall–Kier alpha value is -0.590. The number of alkyl halides is 1. The van der Waals surface area contributed by atoms with Gasteiger partial charge in [0.2, 0.25) is 0 Å². The first kappa shape index (κ1) is 14.8. The third-order valence-electron chi connectivity index (χ3n) is 3.57. The van der Waals surface area contributed by atoms with E-state index in [0.717, 1.165) is 31.6 Å². The molecular formula is C12H20ClN3O2S. The molecule has 1 saturated carbocycles. The number of hydrogen-bond donors (Lipinski definition) is 1. The predicted octanol–water partition coefficient (Wildman–Crippen LogP) is 1.90. The normalized spacial score (nSPS) is 17.6. The van der Waals surface area contributed by atoms with Gasteiger partial charge in [-0.2, -0.15) is 0 Å². The van der Waals surface area contributed by atoms with Crippen LogP contribution in [0.3, 0.4) is 0 Å². The molecule has 5 nitrogen and oxygen atoms in total. The zero-order valence-corrected chi connectivity index (χ0v) is 12.9. The molecule has 0 saturated heterocycles. The fourth-order valence-electron chi connectivity index (χ4n) is 1.93. The van der Waals surface area contributed by atoms with Gasteiger partial charge in [0, 0.05) is 25.2 Å². The number of imidazole rings is 1. The monoisotopic (exact) mass is 305 g/mol. The van der Waals surface area contributed by atoms with Crippen LogP contribution in [0, 0.1) is 12.3 Å². The van der Waals surface area contributed by atoms with Crippen molar-refractivity contribution in [1.29, 1.82) is 0 Å². The number of sulfonamides is 1. The molecule has 0 aromatic carbocycles. The summed E-state index contributed by atoms with van der Waals surface area (Å²) >= 11 is 5.85. The van der Waals surface area contributed by atoms with E-state index in [1.807, 2.05) is 18.4 Å². The lowest BCUT2D eigenvalue weighted by atomic mass is 10.1. The van der Waals surface area contributed by atoms with Crippen LogP contribution in [-0.2, 0) is 16.6 Å². The van der Waals surface area contributed by atoms with E-state index in [1.54, 1.807) is 6.20 Å². The SMILES string of the molecule is CCCn1cc(S(=O)(=O)NCC2(CCl)CC2)nc1C. The molecule has 1 aromatic rings. The Kier molecular flexibility index (Phi) is 4.23. The smallest absolute Gasteiger partial charge is 0.259 e. The molecule has 1 aliphatic carbocycles. The Bertz CT molecular complexity index is 549. The molecule has 0 atom stereocenters. The number of halogens is 1. The third kappa shape index (κ3) is 3.30. The van der Waals surface area contributed by atoms with E-state index in [2.05, 4.69) is 9.71 Å². The first-order valence-corrected chi connectivity index (χ1v) is 8.54. The molecule has 0 unspecified atom stereocenters. The van der Waals surface area contributed by atoms with Gasteiger partial charge in [0.05, 0.1) is 0 Å². The summed E-state index contributed by atoms with van der Waals surface area (Å²) in [5.74, 6) is 1.22. The maximum Gasteiger partial charge on any atom is 0.259 e. The first-order chi connectivity index (χ1) is 8.92. The lowest BCUT2D eigenvalue weighted by Gasteiger charge is -2.11. The number of aryl methyl sites for hydroxylation is 2. The van der Waals surface area contributed by atoms with Gasteiger partial charge < -0.3 is 4.57 Å². The molecule has 1 aromatic heterocycles. The molecule has 2 rings (SSSR count). The molecule has 1 fully saturated rings. The number of aromatic nitrogens is 2. The standard InChI is InChI=1S/C12H20ClN3O2S/c1-3-6-16-7-11(15-10(16)2)19(17,18)14-9-12(8-13)4-5-12/h7,14H,3-6,8-9H2,1-2H3. The Morgan fingerprint density at radius 2 is 2.21 bits per heavy atom. The largest absolute Gasteiger partial charge is 0.334 e. The van der Waals surface area contributed by atoms with Gasteiger partial charge >= 0.3 is 0 Å². The highest BCUT2D eigenvalue weighted by atomic mass is 35.5. The van der Waals surface area contributed by atoms with Gasteiger partial charge in [-0.15, -0.1) is 11.6 Å². The molecule has 19 heavy (non-hydrogen) atoms. The molecule has 7 heteroatoms. The van der Waals surface area contributed by atoms with Crippen LogP contribution in [0.2, 0.25) is 0 Å². The molecule has 0 spiro atoms.